The molecule has 0 radical (unpaired) electrons. The normalized spacial score (nSPS) is 12.3. The second kappa shape index (κ2) is 7.17. The van der Waals surface area contributed by atoms with Gasteiger partial charge >= 0.3 is 0 Å². The van der Waals surface area contributed by atoms with E-state index in [4.69, 9.17) is 34.7 Å². The molecule has 25 heavy (non-hydrogen) atoms. The predicted molar refractivity (Wildman–Crippen MR) is 102 cm³/mol. The number of rotatable bonds is 5. The zero-order chi connectivity index (χ0) is 18.1. The summed E-state index contributed by atoms with van der Waals surface area (Å²) in [7, 11) is 1.77. The monoisotopic (exact) mass is 394 g/mol. The number of aryl methyl sites for hydroxylation is 1. The first-order chi connectivity index (χ1) is 12.0. The first kappa shape index (κ1) is 17.9. The molecule has 1 amide bonds. The fourth-order valence-corrected chi connectivity index (χ4v) is 4.58. The lowest BCUT2D eigenvalue weighted by atomic mass is 9.88. The molecule has 130 valence electrons. The number of carbonyl (C=O) groups excluding carboxylic acids is 1. The molecule has 2 aromatic heterocycles. The highest BCUT2D eigenvalue weighted by molar-refractivity contribution is 7.18. The van der Waals surface area contributed by atoms with Gasteiger partial charge < -0.3 is 11.5 Å². The lowest BCUT2D eigenvalue weighted by Gasteiger charge is -2.18. The van der Waals surface area contributed by atoms with Crippen LogP contribution in [0.25, 0.3) is 11.3 Å². The molecular formula is C17H16Cl2N4OS. The second-order valence-electron chi connectivity index (χ2n) is 5.52. The van der Waals surface area contributed by atoms with E-state index in [0.29, 0.717) is 37.6 Å². The number of hydrogen-bond donors (Lipinski definition) is 2. The van der Waals surface area contributed by atoms with Crippen molar-refractivity contribution >= 4 is 40.4 Å². The third kappa shape index (κ3) is 3.18. The van der Waals surface area contributed by atoms with Gasteiger partial charge in [-0.25, -0.2) is 0 Å². The van der Waals surface area contributed by atoms with Gasteiger partial charge in [-0.2, -0.15) is 5.10 Å². The number of thiophene rings is 1. The summed E-state index contributed by atoms with van der Waals surface area (Å²) in [6, 6.07) is 9.69. The molecule has 0 fully saturated rings. The van der Waals surface area contributed by atoms with E-state index in [9.17, 15) is 4.79 Å². The maximum absolute atomic E-state index is 12.1. The molecule has 2 heterocycles. The molecule has 0 aliphatic heterocycles. The SMILES string of the molecule is Cn1ncc(Cl)c1-c1c(Cl)sc(C(N)=O)c1[C@@H](CN)c1ccccc1. The molecule has 3 rings (SSSR count). The van der Waals surface area contributed by atoms with Crippen LogP contribution in [0.2, 0.25) is 9.36 Å². The number of carbonyl (C=O) groups is 1. The molecule has 1 aromatic carbocycles. The summed E-state index contributed by atoms with van der Waals surface area (Å²) in [6.07, 6.45) is 1.54. The van der Waals surface area contributed by atoms with Crippen molar-refractivity contribution in [2.24, 2.45) is 18.5 Å². The molecule has 0 unspecified atom stereocenters. The van der Waals surface area contributed by atoms with Gasteiger partial charge in [0.15, 0.2) is 0 Å². The van der Waals surface area contributed by atoms with Gasteiger partial charge in [0.05, 0.1) is 21.8 Å². The quantitative estimate of drug-likeness (QED) is 0.692. The maximum Gasteiger partial charge on any atom is 0.259 e. The van der Waals surface area contributed by atoms with Crippen molar-refractivity contribution in [3.63, 3.8) is 0 Å². The van der Waals surface area contributed by atoms with Crippen molar-refractivity contribution in [1.29, 1.82) is 0 Å². The highest BCUT2D eigenvalue weighted by atomic mass is 35.5. The Morgan fingerprint density at radius 1 is 1.32 bits per heavy atom. The van der Waals surface area contributed by atoms with Crippen LogP contribution in [-0.2, 0) is 7.05 Å². The Bertz CT molecular complexity index is 901. The number of aromatic nitrogens is 2. The Morgan fingerprint density at radius 3 is 2.52 bits per heavy atom. The van der Waals surface area contributed by atoms with Gasteiger partial charge in [0.2, 0.25) is 0 Å². The number of halogens is 2. The van der Waals surface area contributed by atoms with E-state index in [0.717, 1.165) is 16.9 Å². The van der Waals surface area contributed by atoms with Gasteiger partial charge in [-0.1, -0.05) is 53.5 Å². The second-order valence-corrected chi connectivity index (χ2v) is 7.55. The highest BCUT2D eigenvalue weighted by Gasteiger charge is 2.30. The van der Waals surface area contributed by atoms with Gasteiger partial charge in [-0.05, 0) is 11.1 Å². The molecule has 1 atom stereocenters. The van der Waals surface area contributed by atoms with E-state index in [1.165, 1.54) is 0 Å². The molecule has 0 bridgehead atoms. The van der Waals surface area contributed by atoms with Crippen molar-refractivity contribution in [1.82, 2.24) is 9.78 Å². The summed E-state index contributed by atoms with van der Waals surface area (Å²) in [5, 5.41) is 4.62. The minimum atomic E-state index is -0.541. The van der Waals surface area contributed by atoms with Gasteiger partial charge in [0.1, 0.15) is 4.34 Å². The molecule has 8 heteroatoms. The molecule has 0 saturated heterocycles. The minimum absolute atomic E-state index is 0.242. The highest BCUT2D eigenvalue weighted by Crippen LogP contribution is 2.46. The van der Waals surface area contributed by atoms with E-state index in [2.05, 4.69) is 5.10 Å². The van der Waals surface area contributed by atoms with Crippen LogP contribution in [0.5, 0.6) is 0 Å². The smallest absolute Gasteiger partial charge is 0.259 e. The molecule has 0 spiro atoms. The summed E-state index contributed by atoms with van der Waals surface area (Å²) < 4.78 is 2.06. The van der Waals surface area contributed by atoms with Crippen molar-refractivity contribution in [2.75, 3.05) is 6.54 Å². The third-order valence-electron chi connectivity index (χ3n) is 4.04. The first-order valence-electron chi connectivity index (χ1n) is 7.50. The van der Waals surface area contributed by atoms with Crippen molar-refractivity contribution < 1.29 is 4.79 Å². The molecule has 4 N–H and O–H groups in total. The summed E-state index contributed by atoms with van der Waals surface area (Å²) in [6.45, 7) is 0.291. The zero-order valence-corrected chi connectivity index (χ0v) is 15.7. The summed E-state index contributed by atoms with van der Waals surface area (Å²) in [5.41, 5.74) is 14.6. The van der Waals surface area contributed by atoms with E-state index >= 15 is 0 Å². The summed E-state index contributed by atoms with van der Waals surface area (Å²) in [4.78, 5) is 12.4. The number of primary amides is 1. The summed E-state index contributed by atoms with van der Waals surface area (Å²) in [5.74, 6) is -0.783. The zero-order valence-electron chi connectivity index (χ0n) is 13.4. The number of nitrogens with two attached hydrogens (primary N) is 2. The topological polar surface area (TPSA) is 86.9 Å². The first-order valence-corrected chi connectivity index (χ1v) is 9.07. The van der Waals surface area contributed by atoms with Crippen LogP contribution < -0.4 is 11.5 Å². The molecule has 0 saturated carbocycles. The lowest BCUT2D eigenvalue weighted by molar-refractivity contribution is 0.100. The van der Waals surface area contributed by atoms with Gasteiger partial charge in [0.25, 0.3) is 5.91 Å². The average Bonchev–Trinajstić information content (AvgIpc) is 3.09. The Kier molecular flexibility index (Phi) is 5.15. The van der Waals surface area contributed by atoms with Crippen LogP contribution >= 0.6 is 34.5 Å². The van der Waals surface area contributed by atoms with Crippen LogP contribution in [0.3, 0.4) is 0 Å². The maximum atomic E-state index is 12.1. The summed E-state index contributed by atoms with van der Waals surface area (Å²) >= 11 is 13.9. The molecule has 3 aromatic rings. The van der Waals surface area contributed by atoms with Gasteiger partial charge in [-0.3, -0.25) is 9.48 Å². The van der Waals surface area contributed by atoms with E-state index in [-0.39, 0.29) is 5.92 Å². The van der Waals surface area contributed by atoms with Crippen molar-refractivity contribution in [3.05, 3.63) is 61.9 Å². The Balaban J connectivity index is 2.32. The third-order valence-corrected chi connectivity index (χ3v) is 5.75. The van der Waals surface area contributed by atoms with Crippen LogP contribution in [0.1, 0.15) is 26.7 Å². The fraction of sp³-hybridized carbons (Fsp3) is 0.176. The lowest BCUT2D eigenvalue weighted by Crippen LogP contribution is -2.19. The largest absolute Gasteiger partial charge is 0.365 e. The van der Waals surface area contributed by atoms with E-state index in [1.807, 2.05) is 30.3 Å². The number of hydrogen-bond acceptors (Lipinski definition) is 4. The Morgan fingerprint density at radius 2 is 2.00 bits per heavy atom. The number of amides is 1. The van der Waals surface area contributed by atoms with Crippen LogP contribution in [0.4, 0.5) is 0 Å². The molecular weight excluding hydrogens is 379 g/mol. The van der Waals surface area contributed by atoms with E-state index < -0.39 is 5.91 Å². The van der Waals surface area contributed by atoms with Crippen molar-refractivity contribution in [3.8, 4) is 11.3 Å². The van der Waals surface area contributed by atoms with Gasteiger partial charge in [-0.15, -0.1) is 11.3 Å². The molecule has 5 nitrogen and oxygen atoms in total. The van der Waals surface area contributed by atoms with Crippen LogP contribution in [0.15, 0.2) is 36.5 Å². The average molecular weight is 395 g/mol. The fourth-order valence-electron chi connectivity index (χ4n) is 2.95. The van der Waals surface area contributed by atoms with Gasteiger partial charge in [0, 0.05) is 25.1 Å². The molecule has 0 aliphatic carbocycles. The predicted octanol–water partition coefficient (Wildman–Crippen LogP) is 3.64. The standard InChI is InChI=1S/C17H16Cl2N4OS/c1-23-14(11(18)8-22-23)13-12(15(17(21)24)25-16(13)19)10(7-20)9-5-3-2-4-6-9/h2-6,8,10H,7,20H2,1H3,(H2,21,24)/t10-/m0/s1. The Hall–Kier alpha value is -1.86. The number of nitrogens with zero attached hydrogens (tertiary/aromatic N) is 2. The molecule has 0 aliphatic rings. The minimum Gasteiger partial charge on any atom is -0.365 e. The van der Waals surface area contributed by atoms with Crippen LogP contribution in [-0.4, -0.2) is 22.2 Å². The van der Waals surface area contributed by atoms with Crippen molar-refractivity contribution in [2.45, 2.75) is 5.92 Å². The Labute approximate surface area is 159 Å². The number of benzene rings is 1. The van der Waals surface area contributed by atoms with E-state index in [1.54, 1.807) is 17.9 Å². The van der Waals surface area contributed by atoms with Crippen LogP contribution in [0, 0.1) is 0 Å².